The van der Waals surface area contributed by atoms with Crippen molar-refractivity contribution in [1.82, 2.24) is 19.5 Å². The lowest BCUT2D eigenvalue weighted by Gasteiger charge is -2.16. The highest BCUT2D eigenvalue weighted by atomic mass is 127. The molecule has 14 heteroatoms. The highest BCUT2D eigenvalue weighted by Crippen LogP contribution is 2.38. The first kappa shape index (κ1) is 17.9. The van der Waals surface area contributed by atoms with Gasteiger partial charge in [-0.25, -0.2) is 14.5 Å². The van der Waals surface area contributed by atoms with Gasteiger partial charge in [0.25, 0.3) is 5.56 Å². The highest BCUT2D eigenvalue weighted by molar-refractivity contribution is 14.1. The first-order valence-corrected chi connectivity index (χ1v) is 9.12. The van der Waals surface area contributed by atoms with Crippen LogP contribution in [0.5, 0.6) is 0 Å². The first-order chi connectivity index (χ1) is 11.2. The van der Waals surface area contributed by atoms with Crippen molar-refractivity contribution in [1.29, 1.82) is 0 Å². The Morgan fingerprint density at radius 2 is 2.12 bits per heavy atom. The third kappa shape index (κ3) is 3.39. The molecule has 132 valence electrons. The maximum absolute atomic E-state index is 12.4. The third-order valence-corrected chi connectivity index (χ3v) is 4.42. The van der Waals surface area contributed by atoms with Gasteiger partial charge in [-0.1, -0.05) is 0 Å². The minimum absolute atomic E-state index is 0.0992. The van der Waals surface area contributed by atoms with E-state index >= 15 is 0 Å². The van der Waals surface area contributed by atoms with E-state index < -0.39 is 44.5 Å². The van der Waals surface area contributed by atoms with Crippen molar-refractivity contribution in [2.24, 2.45) is 0 Å². The number of fused-ring (bicyclic) bond motifs is 1. The van der Waals surface area contributed by atoms with Crippen LogP contribution in [0.2, 0.25) is 0 Å². The zero-order valence-corrected chi connectivity index (χ0v) is 14.7. The second kappa shape index (κ2) is 6.42. The van der Waals surface area contributed by atoms with Gasteiger partial charge in [-0.3, -0.25) is 13.9 Å². The van der Waals surface area contributed by atoms with Gasteiger partial charge in [0.1, 0.15) is 24.6 Å². The summed E-state index contributed by atoms with van der Waals surface area (Å²) in [5.41, 5.74) is -0.291. The summed E-state index contributed by atoms with van der Waals surface area (Å²) in [6.45, 7) is -0.661. The van der Waals surface area contributed by atoms with Crippen molar-refractivity contribution in [2.45, 2.75) is 24.5 Å². The number of phosphoric acid groups is 1. The molecule has 4 atom stereocenters. The molecule has 1 fully saturated rings. The van der Waals surface area contributed by atoms with Gasteiger partial charge >= 0.3 is 7.82 Å². The number of rotatable bonds is 4. The molecule has 3 heterocycles. The number of imidazole rings is 1. The summed E-state index contributed by atoms with van der Waals surface area (Å²) in [5.74, 6) is 0. The Kier molecular flexibility index (Phi) is 4.78. The Bertz CT molecular complexity index is 864. The Morgan fingerprint density at radius 3 is 2.79 bits per heavy atom. The fraction of sp³-hybridized carbons (Fsp3) is 0.500. The number of ether oxygens (including phenoxy) is 1. The molecule has 1 aliphatic heterocycles. The lowest BCUT2D eigenvalue weighted by Crippen LogP contribution is -2.35. The summed E-state index contributed by atoms with van der Waals surface area (Å²) in [6, 6.07) is 0. The van der Waals surface area contributed by atoms with Crippen molar-refractivity contribution >= 4 is 41.6 Å². The van der Waals surface area contributed by atoms with Gasteiger partial charge in [0.15, 0.2) is 21.2 Å². The average Bonchev–Trinajstić information content (AvgIpc) is 2.99. The van der Waals surface area contributed by atoms with Crippen molar-refractivity contribution in [3.8, 4) is 0 Å². The molecule has 0 saturated carbocycles. The number of hydrogen-bond donors (Lipinski definition) is 5. The average molecular weight is 474 g/mol. The molecule has 24 heavy (non-hydrogen) atoms. The topological polar surface area (TPSA) is 180 Å². The molecule has 1 aliphatic rings. The van der Waals surface area contributed by atoms with Crippen LogP contribution in [-0.2, 0) is 13.8 Å². The second-order valence-electron chi connectivity index (χ2n) is 5.02. The molecular formula is C10H12IN4O8P. The lowest BCUT2D eigenvalue weighted by molar-refractivity contribution is -0.0538. The van der Waals surface area contributed by atoms with Crippen molar-refractivity contribution < 1.29 is 33.8 Å². The smallest absolute Gasteiger partial charge is 0.387 e. The number of halogens is 1. The summed E-state index contributed by atoms with van der Waals surface area (Å²) < 4.78 is 21.7. The van der Waals surface area contributed by atoms with E-state index in [1.54, 1.807) is 0 Å². The van der Waals surface area contributed by atoms with Crippen LogP contribution in [0.4, 0.5) is 0 Å². The molecule has 12 nitrogen and oxygen atoms in total. The molecule has 0 amide bonds. The van der Waals surface area contributed by atoms with Crippen molar-refractivity contribution in [3.63, 3.8) is 0 Å². The van der Waals surface area contributed by atoms with E-state index in [-0.39, 0.29) is 11.2 Å². The minimum atomic E-state index is -4.76. The fourth-order valence-electron chi connectivity index (χ4n) is 2.33. The van der Waals surface area contributed by atoms with Crippen molar-refractivity contribution in [3.05, 3.63) is 20.5 Å². The van der Waals surface area contributed by atoms with Gasteiger partial charge in [-0.15, -0.1) is 0 Å². The lowest BCUT2D eigenvalue weighted by atomic mass is 10.1. The Hall–Kier alpha value is -0.930. The number of nitrogens with one attached hydrogen (secondary N) is 1. The van der Waals surface area contributed by atoms with Gasteiger partial charge in [0.2, 0.25) is 0 Å². The molecular weight excluding hydrogens is 462 g/mol. The van der Waals surface area contributed by atoms with Gasteiger partial charge in [0, 0.05) is 0 Å². The summed E-state index contributed by atoms with van der Waals surface area (Å²) in [6.07, 6.45) is -4.45. The normalized spacial score (nSPS) is 27.9. The monoisotopic (exact) mass is 474 g/mol. The molecule has 2 aromatic rings. The van der Waals surface area contributed by atoms with Crippen LogP contribution in [0.3, 0.4) is 0 Å². The van der Waals surface area contributed by atoms with Crippen LogP contribution in [-0.4, -0.2) is 64.4 Å². The summed E-state index contributed by atoms with van der Waals surface area (Å²) >= 11 is 1.87. The number of H-pyrrole nitrogens is 1. The van der Waals surface area contributed by atoms with E-state index in [0.717, 1.165) is 10.9 Å². The summed E-state index contributed by atoms with van der Waals surface area (Å²) in [4.78, 5) is 40.5. The molecule has 0 bridgehead atoms. The molecule has 0 radical (unpaired) electrons. The van der Waals surface area contributed by atoms with Crippen molar-refractivity contribution in [2.75, 3.05) is 6.61 Å². The number of phosphoric ester groups is 1. The van der Waals surface area contributed by atoms with Crippen LogP contribution in [0.25, 0.3) is 11.2 Å². The van der Waals surface area contributed by atoms with Crippen LogP contribution in [0, 0.1) is 3.83 Å². The molecule has 5 N–H and O–H groups in total. The number of aliphatic hydroxyl groups excluding tert-OH is 2. The van der Waals surface area contributed by atoms with E-state index in [9.17, 15) is 19.6 Å². The molecule has 2 aromatic heterocycles. The van der Waals surface area contributed by atoms with Crippen LogP contribution < -0.4 is 5.56 Å². The second-order valence-corrected chi connectivity index (χ2v) is 7.28. The number of hydrogen-bond acceptors (Lipinski definition) is 8. The quantitative estimate of drug-likeness (QED) is 0.198. The number of nitrogens with zero attached hydrogens (tertiary/aromatic N) is 3. The Labute approximate surface area is 146 Å². The van der Waals surface area contributed by atoms with Gasteiger partial charge in [-0.05, 0) is 22.6 Å². The standard InChI is InChI=1S/C10H12IN4O8P/c11-10-13-4-7(14-10)12-2-15(8(4)18)9-6(17)5(16)3(23-9)1-22-24(19,20)21/h2-3,5-6,9,16-17H,1H2,(H,13,14)(H2,19,20,21)/t3-,5-,6-,9-/m1/s1. The Balaban J connectivity index is 1.88. The van der Waals surface area contributed by atoms with E-state index in [4.69, 9.17) is 14.5 Å². The van der Waals surface area contributed by atoms with Crippen LogP contribution in [0.1, 0.15) is 6.23 Å². The van der Waals surface area contributed by atoms with Crippen LogP contribution in [0.15, 0.2) is 11.1 Å². The molecule has 3 rings (SSSR count). The van der Waals surface area contributed by atoms with E-state index in [2.05, 4.69) is 19.5 Å². The van der Waals surface area contributed by atoms with Gasteiger partial charge in [-0.2, -0.15) is 0 Å². The fourth-order valence-corrected chi connectivity index (χ4v) is 3.16. The zero-order valence-electron chi connectivity index (χ0n) is 11.7. The first-order valence-electron chi connectivity index (χ1n) is 6.51. The predicted octanol–water partition coefficient (Wildman–Crippen LogP) is -1.55. The van der Waals surface area contributed by atoms with E-state index in [1.807, 2.05) is 22.6 Å². The molecule has 0 aromatic carbocycles. The number of aliphatic hydroxyl groups is 2. The number of aromatic nitrogens is 4. The molecule has 0 spiro atoms. The van der Waals surface area contributed by atoms with Crippen LogP contribution >= 0.6 is 30.4 Å². The molecule has 1 saturated heterocycles. The zero-order chi connectivity index (χ0) is 17.6. The predicted molar refractivity (Wildman–Crippen MR) is 84.8 cm³/mol. The maximum atomic E-state index is 12.4. The number of aromatic amines is 1. The Morgan fingerprint density at radius 1 is 1.42 bits per heavy atom. The maximum Gasteiger partial charge on any atom is 0.469 e. The summed E-state index contributed by atoms with van der Waals surface area (Å²) in [7, 11) is -4.76. The van der Waals surface area contributed by atoms with Gasteiger partial charge < -0.3 is 29.7 Å². The largest absolute Gasteiger partial charge is 0.469 e. The SMILES string of the molecule is O=c1c2[nH]c(I)nc2ncn1[C@@H]1O[C@H](COP(=O)(O)O)[C@@H](O)[C@H]1O. The van der Waals surface area contributed by atoms with E-state index in [1.165, 1.54) is 0 Å². The highest BCUT2D eigenvalue weighted by Gasteiger charge is 2.45. The summed E-state index contributed by atoms with van der Waals surface area (Å²) in [5, 5.41) is 20.0. The minimum Gasteiger partial charge on any atom is -0.387 e. The third-order valence-electron chi connectivity index (χ3n) is 3.43. The van der Waals surface area contributed by atoms with Gasteiger partial charge in [0.05, 0.1) is 6.61 Å². The van der Waals surface area contributed by atoms with E-state index in [0.29, 0.717) is 3.83 Å². The molecule has 0 aliphatic carbocycles. The molecule has 0 unspecified atom stereocenters.